The minimum atomic E-state index is -1.81. The van der Waals surface area contributed by atoms with E-state index in [9.17, 15) is 15.0 Å². The molecule has 1 amide bonds. The molecule has 1 aromatic heterocycles. The molecular formula is C7H9ClN4O3. The molecule has 82 valence electrons. The number of nitrogens with two attached hydrogens (primary N) is 2. The van der Waals surface area contributed by atoms with Crippen LogP contribution in [0.15, 0.2) is 6.33 Å². The molecule has 1 heterocycles. The van der Waals surface area contributed by atoms with E-state index in [4.69, 9.17) is 23.1 Å². The summed E-state index contributed by atoms with van der Waals surface area (Å²) in [5.41, 5.74) is 10.1. The molecule has 6 N–H and O–H groups in total. The number of aliphatic hydroxyl groups excluding tert-OH is 2. The average molecular weight is 233 g/mol. The van der Waals surface area contributed by atoms with Gasteiger partial charge in [-0.1, -0.05) is 11.6 Å². The van der Waals surface area contributed by atoms with E-state index in [1.807, 2.05) is 0 Å². The van der Waals surface area contributed by atoms with Crippen molar-refractivity contribution in [3.63, 3.8) is 0 Å². The molecule has 0 spiro atoms. The Morgan fingerprint density at radius 3 is 2.53 bits per heavy atom. The summed E-state index contributed by atoms with van der Waals surface area (Å²) < 4.78 is 0. The second-order valence-electron chi connectivity index (χ2n) is 2.76. The molecule has 0 aliphatic rings. The van der Waals surface area contributed by atoms with Crippen LogP contribution in [0.1, 0.15) is 11.7 Å². The Morgan fingerprint density at radius 2 is 2.07 bits per heavy atom. The Labute approximate surface area is 89.7 Å². The predicted octanol–water partition coefficient (Wildman–Crippen LogP) is -1.41. The van der Waals surface area contributed by atoms with Crippen molar-refractivity contribution in [1.29, 1.82) is 0 Å². The van der Waals surface area contributed by atoms with Crippen molar-refractivity contribution in [3.8, 4) is 0 Å². The fourth-order valence-corrected chi connectivity index (χ4v) is 1.23. The molecule has 2 unspecified atom stereocenters. The predicted molar refractivity (Wildman–Crippen MR) is 51.6 cm³/mol. The summed E-state index contributed by atoms with van der Waals surface area (Å²) in [4.78, 5) is 17.7. The number of aromatic nitrogens is 2. The van der Waals surface area contributed by atoms with Crippen LogP contribution in [0.5, 0.6) is 0 Å². The fourth-order valence-electron chi connectivity index (χ4n) is 0.974. The van der Waals surface area contributed by atoms with Crippen LogP contribution in [0.4, 0.5) is 5.82 Å². The molecule has 0 aliphatic carbocycles. The standard InChI is InChI=1S/C7H9ClN4O3/c8-5-2(6(9)12-1-11-5)3(13)4(14)7(10)15/h1,3-4,13-14H,(H2,10,15)(H2,9,11,12). The molecule has 0 radical (unpaired) electrons. The molecule has 7 nitrogen and oxygen atoms in total. The van der Waals surface area contributed by atoms with Gasteiger partial charge >= 0.3 is 0 Å². The van der Waals surface area contributed by atoms with Gasteiger partial charge in [0.1, 0.15) is 23.4 Å². The maximum atomic E-state index is 10.6. The Bertz CT molecular complexity index is 366. The lowest BCUT2D eigenvalue weighted by molar-refractivity contribution is -0.131. The number of rotatable bonds is 3. The number of anilines is 1. The number of hydrogen-bond acceptors (Lipinski definition) is 6. The second kappa shape index (κ2) is 4.39. The molecule has 0 bridgehead atoms. The third-order valence-electron chi connectivity index (χ3n) is 1.75. The summed E-state index contributed by atoms with van der Waals surface area (Å²) in [6.07, 6.45) is -2.36. The fraction of sp³-hybridized carbons (Fsp3) is 0.286. The number of aliphatic hydroxyl groups is 2. The number of nitrogens with zero attached hydrogens (tertiary/aromatic N) is 2. The maximum Gasteiger partial charge on any atom is 0.249 e. The number of hydrogen-bond donors (Lipinski definition) is 4. The van der Waals surface area contributed by atoms with E-state index in [2.05, 4.69) is 9.97 Å². The molecular weight excluding hydrogens is 224 g/mol. The van der Waals surface area contributed by atoms with E-state index in [0.717, 1.165) is 6.33 Å². The molecule has 0 aromatic carbocycles. The number of halogens is 1. The highest BCUT2D eigenvalue weighted by molar-refractivity contribution is 6.30. The molecule has 1 rings (SSSR count). The number of nitrogen functional groups attached to an aromatic ring is 1. The van der Waals surface area contributed by atoms with Gasteiger partial charge in [0.05, 0.1) is 5.56 Å². The van der Waals surface area contributed by atoms with Gasteiger partial charge < -0.3 is 21.7 Å². The number of carbonyl (C=O) groups excluding carboxylic acids is 1. The van der Waals surface area contributed by atoms with Crippen molar-refractivity contribution in [2.45, 2.75) is 12.2 Å². The number of carbonyl (C=O) groups is 1. The SMILES string of the molecule is NC(=O)C(O)C(O)c1c(N)ncnc1Cl. The Hall–Kier alpha value is -1.44. The lowest BCUT2D eigenvalue weighted by atomic mass is 10.1. The van der Waals surface area contributed by atoms with Crippen molar-refractivity contribution in [2.75, 3.05) is 5.73 Å². The van der Waals surface area contributed by atoms with Gasteiger partial charge in [0.2, 0.25) is 5.91 Å². The molecule has 1 aromatic rings. The van der Waals surface area contributed by atoms with Gasteiger partial charge in [0, 0.05) is 0 Å². The third-order valence-corrected chi connectivity index (χ3v) is 2.05. The van der Waals surface area contributed by atoms with E-state index in [1.54, 1.807) is 0 Å². The van der Waals surface area contributed by atoms with Crippen LogP contribution >= 0.6 is 11.6 Å². The summed E-state index contributed by atoms with van der Waals surface area (Å²) in [5.74, 6) is -1.22. The van der Waals surface area contributed by atoms with E-state index in [0.29, 0.717) is 0 Å². The molecule has 8 heteroatoms. The quantitative estimate of drug-likeness (QED) is 0.473. The van der Waals surface area contributed by atoms with E-state index in [-0.39, 0.29) is 16.5 Å². The highest BCUT2D eigenvalue weighted by atomic mass is 35.5. The first kappa shape index (κ1) is 11.6. The van der Waals surface area contributed by atoms with Gasteiger partial charge in [-0.15, -0.1) is 0 Å². The minimum absolute atomic E-state index is 0.120. The van der Waals surface area contributed by atoms with Crippen LogP contribution < -0.4 is 11.5 Å². The molecule has 0 fully saturated rings. The zero-order chi connectivity index (χ0) is 11.6. The van der Waals surface area contributed by atoms with Gasteiger partial charge in [-0.2, -0.15) is 0 Å². The molecule has 0 saturated heterocycles. The number of amides is 1. The third kappa shape index (κ3) is 2.32. The normalized spacial score (nSPS) is 14.6. The molecule has 0 aliphatic heterocycles. The largest absolute Gasteiger partial charge is 0.385 e. The summed E-state index contributed by atoms with van der Waals surface area (Å²) in [6, 6.07) is 0. The Balaban J connectivity index is 3.10. The van der Waals surface area contributed by atoms with Crippen molar-refractivity contribution in [1.82, 2.24) is 9.97 Å². The summed E-state index contributed by atoms with van der Waals surface area (Å²) >= 11 is 5.62. The Kier molecular flexibility index (Phi) is 3.40. The maximum absolute atomic E-state index is 10.6. The lowest BCUT2D eigenvalue weighted by Crippen LogP contribution is -2.34. The summed E-state index contributed by atoms with van der Waals surface area (Å²) in [7, 11) is 0. The molecule has 0 saturated carbocycles. The lowest BCUT2D eigenvalue weighted by Gasteiger charge is -2.16. The number of primary amides is 1. The zero-order valence-electron chi connectivity index (χ0n) is 7.46. The monoisotopic (exact) mass is 232 g/mol. The van der Waals surface area contributed by atoms with E-state index >= 15 is 0 Å². The van der Waals surface area contributed by atoms with Crippen LogP contribution in [0.25, 0.3) is 0 Å². The van der Waals surface area contributed by atoms with Crippen molar-refractivity contribution in [2.24, 2.45) is 5.73 Å². The first-order valence-electron chi connectivity index (χ1n) is 3.86. The van der Waals surface area contributed by atoms with E-state index in [1.165, 1.54) is 0 Å². The van der Waals surface area contributed by atoms with Crippen LogP contribution in [-0.2, 0) is 4.79 Å². The van der Waals surface area contributed by atoms with Crippen molar-refractivity contribution >= 4 is 23.3 Å². The second-order valence-corrected chi connectivity index (χ2v) is 3.11. The van der Waals surface area contributed by atoms with Gasteiger partial charge in [0.15, 0.2) is 6.10 Å². The molecule has 2 atom stereocenters. The zero-order valence-corrected chi connectivity index (χ0v) is 8.22. The summed E-state index contributed by atoms with van der Waals surface area (Å²) in [5, 5.41) is 18.6. The van der Waals surface area contributed by atoms with Crippen LogP contribution in [0.2, 0.25) is 5.15 Å². The van der Waals surface area contributed by atoms with Gasteiger partial charge in [-0.05, 0) is 0 Å². The minimum Gasteiger partial charge on any atom is -0.385 e. The van der Waals surface area contributed by atoms with Crippen LogP contribution in [0, 0.1) is 0 Å². The highest BCUT2D eigenvalue weighted by Crippen LogP contribution is 2.27. The van der Waals surface area contributed by atoms with Gasteiger partial charge in [0.25, 0.3) is 0 Å². The average Bonchev–Trinajstić information content (AvgIpc) is 2.15. The van der Waals surface area contributed by atoms with Crippen molar-refractivity contribution in [3.05, 3.63) is 17.0 Å². The van der Waals surface area contributed by atoms with Gasteiger partial charge in [-0.25, -0.2) is 9.97 Å². The first-order valence-corrected chi connectivity index (χ1v) is 4.24. The van der Waals surface area contributed by atoms with Crippen LogP contribution in [0.3, 0.4) is 0 Å². The van der Waals surface area contributed by atoms with Gasteiger partial charge in [-0.3, -0.25) is 4.79 Å². The van der Waals surface area contributed by atoms with Crippen LogP contribution in [-0.4, -0.2) is 32.2 Å². The highest BCUT2D eigenvalue weighted by Gasteiger charge is 2.28. The smallest absolute Gasteiger partial charge is 0.249 e. The molecule has 15 heavy (non-hydrogen) atoms. The topological polar surface area (TPSA) is 135 Å². The van der Waals surface area contributed by atoms with Crippen molar-refractivity contribution < 1.29 is 15.0 Å². The van der Waals surface area contributed by atoms with E-state index < -0.39 is 18.1 Å². The first-order chi connectivity index (χ1) is 6.95. The summed E-state index contributed by atoms with van der Waals surface area (Å²) in [6.45, 7) is 0. The Morgan fingerprint density at radius 1 is 1.47 bits per heavy atom.